The Morgan fingerprint density at radius 1 is 0.657 bits per heavy atom. The topological polar surface area (TPSA) is 413 Å². The summed E-state index contributed by atoms with van der Waals surface area (Å²) in [5.74, 6) is 15.0. The van der Waals surface area contributed by atoms with Crippen LogP contribution in [0.25, 0.3) is 0 Å². The van der Waals surface area contributed by atoms with Crippen LogP contribution in [0.4, 0.5) is 31.9 Å². The van der Waals surface area contributed by atoms with E-state index in [0.29, 0.717) is 45.1 Å². The number of H-pyrrole nitrogens is 3. The lowest BCUT2D eigenvalue weighted by Crippen LogP contribution is -2.35. The van der Waals surface area contributed by atoms with Crippen molar-refractivity contribution in [2.45, 2.75) is 141 Å². The number of aliphatic imine (C=N–C) groups is 1. The maximum atomic E-state index is 12.9. The quantitative estimate of drug-likeness (QED) is 0.00849. The third kappa shape index (κ3) is 90.7. The summed E-state index contributed by atoms with van der Waals surface area (Å²) in [7, 11) is 0. The number of alkyl halides is 7. The average Bonchev–Trinajstić information content (AvgIpc) is 1.73. The van der Waals surface area contributed by atoms with Crippen LogP contribution in [0.1, 0.15) is 110 Å². The van der Waals surface area contributed by atoms with Gasteiger partial charge in [0, 0.05) is 55.6 Å². The van der Waals surface area contributed by atoms with Crippen molar-refractivity contribution in [1.29, 1.82) is 0 Å². The van der Waals surface area contributed by atoms with E-state index < -0.39 is 84.1 Å². The molecular formula is C58H108Br7F4N15O15. The number of alkyl carbamates (subject to hydrolysis) is 1. The zero-order chi connectivity index (χ0) is 79.8. The number of aliphatic hydroxyl groups is 1. The van der Waals surface area contributed by atoms with E-state index in [-0.39, 0.29) is 36.7 Å². The van der Waals surface area contributed by atoms with E-state index in [1.807, 2.05) is 87.8 Å². The molecule has 0 unspecified atom stereocenters. The van der Waals surface area contributed by atoms with Crippen LogP contribution in [0.5, 0.6) is 5.75 Å². The minimum absolute atomic E-state index is 0.0356. The number of hydrogen-bond acceptors (Lipinski definition) is 21. The number of nitrogens with two attached hydrogens (primary N) is 2. The van der Waals surface area contributed by atoms with E-state index in [1.165, 1.54) is 34.5 Å². The Morgan fingerprint density at radius 2 is 1.14 bits per heavy atom. The van der Waals surface area contributed by atoms with Crippen LogP contribution >= 0.6 is 112 Å². The van der Waals surface area contributed by atoms with Crippen molar-refractivity contribution in [1.82, 2.24) is 60.2 Å². The normalized spacial score (nSPS) is 8.95. The van der Waals surface area contributed by atoms with Crippen LogP contribution in [0, 0.1) is 0 Å². The number of nitrogens with zero attached hydrogens (tertiary/aromatic N) is 7. The first-order chi connectivity index (χ1) is 46.9. The molecule has 11 N–H and O–H groups in total. The number of rotatable bonds is 18. The number of aryl methyl sites for hydroxylation is 2. The summed E-state index contributed by atoms with van der Waals surface area (Å²) in [4.78, 5) is 95.9. The van der Waals surface area contributed by atoms with Crippen LogP contribution in [0.3, 0.4) is 0 Å². The molecule has 41 heteroatoms. The highest BCUT2D eigenvalue weighted by Crippen LogP contribution is 2.16. The molecule has 582 valence electrons. The van der Waals surface area contributed by atoms with Gasteiger partial charge in [-0.3, -0.25) is 23.7 Å². The molecule has 3 amide bonds. The molecule has 0 saturated carbocycles. The maximum Gasteiger partial charge on any atom is 0.425 e. The van der Waals surface area contributed by atoms with E-state index in [0.717, 1.165) is 16.6 Å². The summed E-state index contributed by atoms with van der Waals surface area (Å²) in [5, 5.41) is 31.7. The second kappa shape index (κ2) is 88.8. The van der Waals surface area contributed by atoms with Crippen molar-refractivity contribution in [2.24, 2.45) is 16.6 Å². The lowest BCUT2D eigenvalue weighted by Gasteiger charge is -2.19. The minimum Gasteiger partial charge on any atom is -0.484 e. The number of ether oxygens (including phenoxy) is 5. The third-order valence-electron chi connectivity index (χ3n) is 8.03. The van der Waals surface area contributed by atoms with Gasteiger partial charge in [-0.1, -0.05) is 144 Å². The van der Waals surface area contributed by atoms with Gasteiger partial charge in [0.15, 0.2) is 6.40 Å². The molecule has 30 nitrogen and oxygen atoms in total. The fourth-order valence-corrected chi connectivity index (χ4v) is 4.55. The molecule has 0 radical (unpaired) electrons. The van der Waals surface area contributed by atoms with Gasteiger partial charge < -0.3 is 55.3 Å². The maximum absolute atomic E-state index is 12.9. The number of hydrogen-bond donors (Lipinski definition) is 9. The van der Waals surface area contributed by atoms with Gasteiger partial charge in [-0.2, -0.15) is 38.8 Å². The molecule has 4 rings (SSSR count). The molecule has 0 atom stereocenters. The number of aromatic amines is 3. The van der Waals surface area contributed by atoms with Crippen LogP contribution in [-0.4, -0.2) is 190 Å². The van der Waals surface area contributed by atoms with Crippen LogP contribution in [0.15, 0.2) is 92.0 Å². The van der Waals surface area contributed by atoms with Gasteiger partial charge in [-0.05, 0) is 143 Å². The Hall–Kier alpha value is -5.30. The highest BCUT2D eigenvalue weighted by molar-refractivity contribution is 9.09. The Bertz CT molecular complexity index is 2690. The van der Waals surface area contributed by atoms with Gasteiger partial charge in [0.05, 0.1) is 26.4 Å². The molecular weight excluding hydrogens is 1780 g/mol. The van der Waals surface area contributed by atoms with Gasteiger partial charge >= 0.3 is 47.3 Å². The second-order valence-electron chi connectivity index (χ2n) is 17.5. The molecule has 0 aliphatic rings. The van der Waals surface area contributed by atoms with Crippen molar-refractivity contribution in [3.05, 3.63) is 104 Å². The van der Waals surface area contributed by atoms with E-state index in [4.69, 9.17) is 29.8 Å². The summed E-state index contributed by atoms with van der Waals surface area (Å²) in [6.45, 7) is 27.2. The van der Waals surface area contributed by atoms with E-state index >= 15 is 0 Å². The molecule has 1 aromatic carbocycles. The van der Waals surface area contributed by atoms with Crippen molar-refractivity contribution in [3.63, 3.8) is 0 Å². The Labute approximate surface area is 638 Å². The number of carbonyl (C=O) groups is 5. The molecule has 0 spiro atoms. The number of esters is 2. The Morgan fingerprint density at radius 3 is 1.46 bits per heavy atom. The summed E-state index contributed by atoms with van der Waals surface area (Å²) in [5.41, 5.74) is 1.78. The number of para-hydroxylation sites is 1. The van der Waals surface area contributed by atoms with Crippen molar-refractivity contribution in [3.8, 4) is 5.75 Å². The molecule has 4 aromatic rings. The minimum atomic E-state index is -1.96. The zero-order valence-electron chi connectivity index (χ0n) is 60.2. The number of benzene rings is 1. The van der Waals surface area contributed by atoms with E-state index in [9.17, 15) is 55.9 Å². The molecule has 0 fully saturated rings. The molecule has 0 aliphatic carbocycles. The third-order valence-corrected chi connectivity index (χ3v) is 8.03. The SMILES string of the molecule is CBr.CBr.CBr.CBr.CBr.CBr.CC(C)(C)OC(=O)CCC(CO)=C(F)F.CCBr.CCN.CCNC(=O)ON.CCNC(=O)Oc1ccccc1.CCOC=NCC(=O)OCC.CCn1cn[nH]c1=O.CCn1cnn(CC(CNC(=O)OC(C)(C)C)=C(F)F)c1=O.O=c1[nH]cn[nH]1. The molecule has 0 bridgehead atoms. The number of aromatic nitrogens is 9. The van der Waals surface area contributed by atoms with Crippen LogP contribution < -0.4 is 49.4 Å². The first-order valence-corrected chi connectivity index (χ1v) is 39.6. The first-order valence-electron chi connectivity index (χ1n) is 29.0. The zero-order valence-corrected chi connectivity index (χ0v) is 71.3. The fraction of sp³-hybridized carbons (Fsp3) is 0.621. The number of halogens is 11. The summed E-state index contributed by atoms with van der Waals surface area (Å²) < 4.78 is 77.8. The average molecular weight is 1890 g/mol. The van der Waals surface area contributed by atoms with Gasteiger partial charge in [0.25, 0.3) is 12.2 Å². The predicted octanol–water partition coefficient (Wildman–Crippen LogP) is 12.1. The fourth-order valence-electron chi connectivity index (χ4n) is 4.55. The number of nitrogens with one attached hydrogen (secondary N) is 6. The standard InChI is InChI=1S/C13H20F2N4O3.C10H16F2O3.C9H11NO2.C7H13NO3.C4H7N3O.C3H8N2O2.C2H5Br.C2H3N3O.C2H7N.6CH3Br/c1-5-18-8-17-19(12(18)21)7-9(10(14)15)6-16-11(20)22-13(2,3)4;1-10(2,3)15-8(14)5-4-7(6-13)9(11)12;1-2-10-9(11)12-8-6-4-3-5-7-8;1-3-10-6-8-5-7(9)11-4-2;1-2-7-3-5-6-4(7)8;1-2-5-3(6)7-4;1-2-3;6-2-3-1-4-5-2;1-2-3;6*1-2/h8H,5-7H2,1-4H3,(H,16,20);13H,4-6H2,1-3H3;3-7H,2H2,1H3,(H,10,11);6H,3-5H2,1-2H3;3H,2H2,1H3,(H,6,8);2,4H2,1H3,(H,5,6);2H2,1H3;1H,(H2,3,4,5,6);2-3H2,1H3;6*1H3. The van der Waals surface area contributed by atoms with Crippen molar-refractivity contribution in [2.75, 3.05) is 92.9 Å². The predicted molar refractivity (Wildman–Crippen MR) is 410 cm³/mol. The number of carbonyl (C=O) groups excluding carboxylic acids is 5. The van der Waals surface area contributed by atoms with Crippen LogP contribution in [-0.2, 0) is 53.0 Å². The monoisotopic (exact) mass is 1880 g/mol. The summed E-state index contributed by atoms with van der Waals surface area (Å²) in [6.07, 6.45) is -0.726. The molecule has 0 saturated heterocycles. The lowest BCUT2D eigenvalue weighted by atomic mass is 10.1. The molecule has 3 aromatic heterocycles. The van der Waals surface area contributed by atoms with Gasteiger partial charge in [0.2, 0.25) is 0 Å². The van der Waals surface area contributed by atoms with Crippen molar-refractivity contribution < 1.29 is 75.2 Å². The van der Waals surface area contributed by atoms with E-state index in [2.05, 4.69) is 178 Å². The van der Waals surface area contributed by atoms with Crippen molar-refractivity contribution >= 4 is 148 Å². The lowest BCUT2D eigenvalue weighted by molar-refractivity contribution is -0.154. The Kier molecular flexibility index (Phi) is 106. The molecule has 99 heavy (non-hydrogen) atoms. The highest BCUT2D eigenvalue weighted by atomic mass is 79.9. The highest BCUT2D eigenvalue weighted by Gasteiger charge is 2.19. The number of amides is 3. The first kappa shape index (κ1) is 118. The largest absolute Gasteiger partial charge is 0.484 e. The second-order valence-corrected chi connectivity index (χ2v) is 18.6. The molecule has 3 heterocycles. The number of aliphatic hydroxyl groups excluding tert-OH is 1. The van der Waals surface area contributed by atoms with E-state index in [1.54, 1.807) is 74.4 Å². The summed E-state index contributed by atoms with van der Waals surface area (Å²) in [6, 6.07) is 8.96. The van der Waals surface area contributed by atoms with Crippen LogP contribution in [0.2, 0.25) is 0 Å². The van der Waals surface area contributed by atoms with Gasteiger partial charge in [0.1, 0.15) is 42.5 Å². The van der Waals surface area contributed by atoms with Gasteiger partial charge in [-0.25, -0.2) is 48.6 Å². The molecule has 0 aliphatic heterocycles. The summed E-state index contributed by atoms with van der Waals surface area (Å²) >= 11 is 20.8. The smallest absolute Gasteiger partial charge is 0.425 e. The van der Waals surface area contributed by atoms with Gasteiger partial charge in [-0.15, -0.1) is 0 Å². The Balaban J connectivity index is -0.000000100.